The Labute approximate surface area is 124 Å². The third kappa shape index (κ3) is 6.51. The molecule has 0 aliphatic carbocycles. The molecular formula is C15H19F3O3. The third-order valence-corrected chi connectivity index (χ3v) is 2.17. The number of alkyl halides is 3. The van der Waals surface area contributed by atoms with E-state index in [-0.39, 0.29) is 5.75 Å². The summed E-state index contributed by atoms with van der Waals surface area (Å²) in [6.07, 6.45) is -8.40. The molecule has 0 saturated heterocycles. The smallest absolute Gasteiger partial charge is 0.416 e. The van der Waals surface area contributed by atoms with E-state index in [2.05, 4.69) is 0 Å². The predicted molar refractivity (Wildman–Crippen MR) is 72.0 cm³/mol. The van der Waals surface area contributed by atoms with Crippen molar-refractivity contribution in [3.05, 3.63) is 29.8 Å². The highest BCUT2D eigenvalue weighted by Crippen LogP contribution is 2.31. The van der Waals surface area contributed by atoms with Crippen LogP contribution in [0.1, 0.15) is 42.4 Å². The number of carbonyl (C=O) groups excluding carboxylic acids is 1. The van der Waals surface area contributed by atoms with E-state index in [1.54, 1.807) is 20.8 Å². The number of ether oxygens (including phenoxy) is 2. The molecule has 0 bridgehead atoms. The lowest BCUT2D eigenvalue weighted by Gasteiger charge is -2.21. The average molecular weight is 306 g/mol. The maximum Gasteiger partial charge on any atom is 0.416 e. The number of hydrogen-bond donors (Lipinski definition) is 0. The molecule has 0 aromatic heterocycles. The van der Waals surface area contributed by atoms with Gasteiger partial charge < -0.3 is 9.47 Å². The molecule has 0 radical (unpaired) electrons. The van der Waals surface area contributed by atoms with Crippen LogP contribution in [0.3, 0.4) is 0 Å². The normalized spacial score (nSPS) is 18.0. The molecule has 0 aliphatic heterocycles. The van der Waals surface area contributed by atoms with Crippen molar-refractivity contribution in [2.24, 2.45) is 0 Å². The Kier molecular flexibility index (Phi) is 4.31. The van der Waals surface area contributed by atoms with Crippen molar-refractivity contribution in [2.45, 2.75) is 51.9 Å². The molecule has 1 aromatic rings. The number of rotatable bonds is 4. The molecule has 0 amide bonds. The van der Waals surface area contributed by atoms with Gasteiger partial charge in [-0.25, -0.2) is 0 Å². The number of hydrogen-bond acceptors (Lipinski definition) is 3. The predicted octanol–water partition coefficient (Wildman–Crippen LogP) is 4.20. The Balaban J connectivity index is 2.92. The number of carbonyl (C=O) groups is 1. The van der Waals surface area contributed by atoms with Crippen LogP contribution in [0.15, 0.2) is 24.3 Å². The SMILES string of the molecule is [2H][C@H](C(=O)OC(C)(C)C)[C@@]([2H])(C)Oc1cccc(C(F)(F)F)c1. The maximum atomic E-state index is 12.7. The topological polar surface area (TPSA) is 35.5 Å². The van der Waals surface area contributed by atoms with E-state index in [0.717, 1.165) is 19.1 Å². The van der Waals surface area contributed by atoms with Crippen molar-refractivity contribution in [3.8, 4) is 5.75 Å². The first kappa shape index (κ1) is 14.2. The molecule has 0 heterocycles. The van der Waals surface area contributed by atoms with Gasteiger partial charge in [0.05, 0.1) is 13.3 Å². The van der Waals surface area contributed by atoms with E-state index in [1.807, 2.05) is 0 Å². The highest BCUT2D eigenvalue weighted by atomic mass is 19.4. The van der Waals surface area contributed by atoms with Gasteiger partial charge in [-0.3, -0.25) is 4.79 Å². The second-order valence-electron chi connectivity index (χ2n) is 5.42. The van der Waals surface area contributed by atoms with Crippen LogP contribution in [0.2, 0.25) is 0 Å². The molecule has 118 valence electrons. The Bertz CT molecular complexity index is 566. The van der Waals surface area contributed by atoms with Gasteiger partial charge in [-0.05, 0) is 45.9 Å². The summed E-state index contributed by atoms with van der Waals surface area (Å²) in [5.41, 5.74) is -1.78. The quantitative estimate of drug-likeness (QED) is 0.782. The summed E-state index contributed by atoms with van der Waals surface area (Å²) in [7, 11) is 0. The number of halogens is 3. The second-order valence-corrected chi connectivity index (χ2v) is 5.42. The standard InChI is InChI=1S/C15H19F3O3/c1-10(8-13(19)21-14(2,3)4)20-12-7-5-6-11(9-12)15(16,17)18/h5-7,9-10H,8H2,1-4H3/t10-/m1/s1/i8D,10D/t8-,10+/m0. The van der Waals surface area contributed by atoms with Crippen LogP contribution in [0.25, 0.3) is 0 Å². The van der Waals surface area contributed by atoms with E-state index in [4.69, 9.17) is 12.2 Å². The monoisotopic (exact) mass is 306 g/mol. The largest absolute Gasteiger partial charge is 0.490 e. The minimum absolute atomic E-state index is 0.252. The van der Waals surface area contributed by atoms with Gasteiger partial charge in [0, 0.05) is 1.37 Å². The summed E-state index contributed by atoms with van der Waals surface area (Å²) in [5, 5.41) is 0. The molecule has 0 spiro atoms. The van der Waals surface area contributed by atoms with Crippen LogP contribution in [0.4, 0.5) is 13.2 Å². The van der Waals surface area contributed by atoms with Gasteiger partial charge in [-0.15, -0.1) is 0 Å². The Morgan fingerprint density at radius 3 is 2.52 bits per heavy atom. The average Bonchev–Trinajstić information content (AvgIpc) is 2.34. The van der Waals surface area contributed by atoms with Gasteiger partial charge in [0.15, 0.2) is 0 Å². The molecule has 2 atom stereocenters. The molecule has 0 unspecified atom stereocenters. The van der Waals surface area contributed by atoms with Gasteiger partial charge in [-0.1, -0.05) is 6.07 Å². The fourth-order valence-electron chi connectivity index (χ4n) is 1.45. The molecule has 3 nitrogen and oxygen atoms in total. The van der Waals surface area contributed by atoms with E-state index in [0.29, 0.717) is 6.07 Å². The van der Waals surface area contributed by atoms with E-state index in [9.17, 15) is 18.0 Å². The van der Waals surface area contributed by atoms with Gasteiger partial charge in [0.1, 0.15) is 17.4 Å². The van der Waals surface area contributed by atoms with Crippen molar-refractivity contribution in [1.82, 2.24) is 0 Å². The van der Waals surface area contributed by atoms with Gasteiger partial charge in [0.2, 0.25) is 0 Å². The molecule has 0 fully saturated rings. The Morgan fingerprint density at radius 2 is 2.00 bits per heavy atom. The summed E-state index contributed by atoms with van der Waals surface area (Å²) in [6, 6.07) is 3.93. The van der Waals surface area contributed by atoms with E-state index < -0.39 is 35.8 Å². The second kappa shape index (κ2) is 6.37. The minimum atomic E-state index is -4.55. The van der Waals surface area contributed by atoms with E-state index >= 15 is 0 Å². The molecule has 6 heteroatoms. The fraction of sp³-hybridized carbons (Fsp3) is 0.533. The first-order chi connectivity index (χ1) is 10.2. The molecular weight excluding hydrogens is 285 g/mol. The molecule has 21 heavy (non-hydrogen) atoms. The molecule has 0 saturated carbocycles. The Morgan fingerprint density at radius 1 is 1.38 bits per heavy atom. The lowest BCUT2D eigenvalue weighted by atomic mass is 10.2. The third-order valence-electron chi connectivity index (χ3n) is 2.17. The van der Waals surface area contributed by atoms with Crippen LogP contribution >= 0.6 is 0 Å². The van der Waals surface area contributed by atoms with Gasteiger partial charge >= 0.3 is 12.1 Å². The lowest BCUT2D eigenvalue weighted by Crippen LogP contribution is -2.27. The maximum absolute atomic E-state index is 12.7. The summed E-state index contributed by atoms with van der Waals surface area (Å²) in [5.74, 6) is -1.24. The van der Waals surface area contributed by atoms with Gasteiger partial charge in [0.25, 0.3) is 0 Å². The minimum Gasteiger partial charge on any atom is -0.490 e. The van der Waals surface area contributed by atoms with Crippen molar-refractivity contribution in [1.29, 1.82) is 0 Å². The lowest BCUT2D eigenvalue weighted by molar-refractivity contribution is -0.156. The van der Waals surface area contributed by atoms with Crippen LogP contribution < -0.4 is 4.74 Å². The zero-order chi connectivity index (χ0) is 18.1. The fourth-order valence-corrected chi connectivity index (χ4v) is 1.45. The van der Waals surface area contributed by atoms with Crippen molar-refractivity contribution in [2.75, 3.05) is 0 Å². The summed E-state index contributed by atoms with van der Waals surface area (Å²) >= 11 is 0. The first-order valence-corrected chi connectivity index (χ1v) is 6.24. The molecule has 1 aromatic carbocycles. The molecule has 1 rings (SSSR count). The van der Waals surface area contributed by atoms with Crippen molar-refractivity contribution >= 4 is 5.97 Å². The highest BCUT2D eigenvalue weighted by Gasteiger charge is 2.30. The van der Waals surface area contributed by atoms with E-state index in [1.165, 1.54) is 6.07 Å². The number of benzene rings is 1. The van der Waals surface area contributed by atoms with Crippen LogP contribution in [-0.2, 0) is 15.7 Å². The summed E-state index contributed by atoms with van der Waals surface area (Å²) in [4.78, 5) is 11.8. The number of esters is 1. The molecule has 0 aliphatic rings. The van der Waals surface area contributed by atoms with Gasteiger partial charge in [-0.2, -0.15) is 13.2 Å². The summed E-state index contributed by atoms with van der Waals surface area (Å²) < 4.78 is 63.8. The van der Waals surface area contributed by atoms with Crippen LogP contribution in [-0.4, -0.2) is 17.7 Å². The summed E-state index contributed by atoms with van der Waals surface area (Å²) in [6.45, 7) is 5.93. The van der Waals surface area contributed by atoms with Crippen molar-refractivity contribution in [3.63, 3.8) is 0 Å². The first-order valence-electron chi connectivity index (χ1n) is 7.31. The van der Waals surface area contributed by atoms with Crippen LogP contribution in [0, 0.1) is 0 Å². The zero-order valence-electron chi connectivity index (χ0n) is 14.2. The zero-order valence-corrected chi connectivity index (χ0v) is 12.2. The van der Waals surface area contributed by atoms with Crippen molar-refractivity contribution < 1.29 is 30.2 Å². The Hall–Kier alpha value is -1.72. The van der Waals surface area contributed by atoms with Crippen LogP contribution in [0.5, 0.6) is 5.75 Å². The molecule has 0 N–H and O–H groups in total. The highest BCUT2D eigenvalue weighted by molar-refractivity contribution is 5.70.